The van der Waals surface area contributed by atoms with Crippen LogP contribution in [0.1, 0.15) is 12.5 Å². The number of benzene rings is 2. The maximum Gasteiger partial charge on any atom is 0.261 e. The second kappa shape index (κ2) is 8.67. The molecule has 0 saturated carbocycles. The zero-order valence-corrected chi connectivity index (χ0v) is 14.8. The Morgan fingerprint density at radius 2 is 1.81 bits per heavy atom. The van der Waals surface area contributed by atoms with Gasteiger partial charge in [-0.25, -0.2) is 4.39 Å². The minimum Gasteiger partial charge on any atom is -0.481 e. The van der Waals surface area contributed by atoms with E-state index in [2.05, 4.69) is 22.3 Å². The molecule has 1 saturated heterocycles. The highest BCUT2D eigenvalue weighted by Gasteiger charge is 2.15. The lowest BCUT2D eigenvalue weighted by molar-refractivity contribution is -0.127. The molecular formula is C20H23FN2O3. The molecule has 0 radical (unpaired) electrons. The number of ether oxygens (including phenoxy) is 2. The molecule has 26 heavy (non-hydrogen) atoms. The van der Waals surface area contributed by atoms with Gasteiger partial charge in [0.1, 0.15) is 11.6 Å². The summed E-state index contributed by atoms with van der Waals surface area (Å²) in [6, 6.07) is 13.8. The lowest BCUT2D eigenvalue weighted by Crippen LogP contribution is -2.36. The van der Waals surface area contributed by atoms with Gasteiger partial charge >= 0.3 is 0 Å². The Hall–Kier alpha value is -2.60. The molecule has 1 fully saturated rings. The summed E-state index contributed by atoms with van der Waals surface area (Å²) in [6.45, 7) is 5.40. The fourth-order valence-corrected chi connectivity index (χ4v) is 2.75. The molecule has 2 aromatic rings. The molecule has 3 rings (SSSR count). The Balaban J connectivity index is 1.48. The van der Waals surface area contributed by atoms with Gasteiger partial charge in [0.05, 0.1) is 13.2 Å². The fourth-order valence-electron chi connectivity index (χ4n) is 2.75. The second-order valence-corrected chi connectivity index (χ2v) is 6.20. The average molecular weight is 358 g/mol. The summed E-state index contributed by atoms with van der Waals surface area (Å²) in [5, 5.41) is 2.86. The van der Waals surface area contributed by atoms with Gasteiger partial charge in [-0.05, 0) is 48.9 Å². The van der Waals surface area contributed by atoms with Crippen molar-refractivity contribution >= 4 is 11.6 Å². The molecule has 1 N–H and O–H groups in total. The summed E-state index contributed by atoms with van der Waals surface area (Å²) in [5.41, 5.74) is 2.18. The van der Waals surface area contributed by atoms with Crippen LogP contribution in [0, 0.1) is 5.82 Å². The van der Waals surface area contributed by atoms with E-state index in [1.165, 1.54) is 24.3 Å². The van der Waals surface area contributed by atoms with E-state index in [-0.39, 0.29) is 11.7 Å². The number of hydrogen-bond acceptors (Lipinski definition) is 4. The molecule has 2 aromatic carbocycles. The first kappa shape index (κ1) is 18.2. The Kier molecular flexibility index (Phi) is 6.07. The summed E-state index contributed by atoms with van der Waals surface area (Å²) in [7, 11) is 0. The van der Waals surface area contributed by atoms with Crippen molar-refractivity contribution < 1.29 is 18.7 Å². The van der Waals surface area contributed by atoms with Crippen molar-refractivity contribution in [1.82, 2.24) is 5.32 Å². The van der Waals surface area contributed by atoms with Gasteiger partial charge in [-0.3, -0.25) is 4.79 Å². The third kappa shape index (κ3) is 4.95. The van der Waals surface area contributed by atoms with E-state index in [1.807, 2.05) is 12.1 Å². The monoisotopic (exact) mass is 358 g/mol. The van der Waals surface area contributed by atoms with E-state index in [4.69, 9.17) is 9.47 Å². The Morgan fingerprint density at radius 1 is 1.15 bits per heavy atom. The van der Waals surface area contributed by atoms with Crippen LogP contribution in [0.4, 0.5) is 10.1 Å². The molecule has 1 heterocycles. The molecule has 138 valence electrons. The zero-order valence-electron chi connectivity index (χ0n) is 14.8. The normalized spacial score (nSPS) is 15.4. The molecular weight excluding hydrogens is 335 g/mol. The molecule has 1 aliphatic rings. The highest BCUT2D eigenvalue weighted by atomic mass is 19.1. The third-order valence-electron chi connectivity index (χ3n) is 4.28. The molecule has 0 aromatic heterocycles. The lowest BCUT2D eigenvalue weighted by atomic mass is 10.2. The van der Waals surface area contributed by atoms with E-state index >= 15 is 0 Å². The van der Waals surface area contributed by atoms with Gasteiger partial charge in [-0.1, -0.05) is 12.1 Å². The molecule has 1 amide bonds. The van der Waals surface area contributed by atoms with Crippen molar-refractivity contribution in [3.63, 3.8) is 0 Å². The van der Waals surface area contributed by atoms with Gasteiger partial charge in [0.2, 0.25) is 0 Å². The predicted octanol–water partition coefficient (Wildman–Crippen LogP) is 2.75. The summed E-state index contributed by atoms with van der Waals surface area (Å²) >= 11 is 0. The van der Waals surface area contributed by atoms with Crippen LogP contribution < -0.4 is 15.0 Å². The maximum absolute atomic E-state index is 12.9. The van der Waals surface area contributed by atoms with E-state index in [0.717, 1.165) is 37.6 Å². The number of anilines is 1. The lowest BCUT2D eigenvalue weighted by Gasteiger charge is -2.28. The van der Waals surface area contributed by atoms with Crippen LogP contribution in [0.5, 0.6) is 5.75 Å². The average Bonchev–Trinajstić information content (AvgIpc) is 2.69. The number of nitrogens with zero attached hydrogens (tertiary/aromatic N) is 1. The van der Waals surface area contributed by atoms with Crippen molar-refractivity contribution in [1.29, 1.82) is 0 Å². The second-order valence-electron chi connectivity index (χ2n) is 6.20. The van der Waals surface area contributed by atoms with E-state index in [9.17, 15) is 9.18 Å². The number of hydrogen-bond donors (Lipinski definition) is 1. The van der Waals surface area contributed by atoms with Gasteiger partial charge in [-0.2, -0.15) is 0 Å². The first-order chi connectivity index (χ1) is 12.6. The molecule has 1 atom stereocenters. The summed E-state index contributed by atoms with van der Waals surface area (Å²) in [6.07, 6.45) is -0.659. The van der Waals surface area contributed by atoms with Crippen LogP contribution in [0.25, 0.3) is 0 Å². The smallest absolute Gasteiger partial charge is 0.261 e. The predicted molar refractivity (Wildman–Crippen MR) is 97.8 cm³/mol. The molecule has 1 aliphatic heterocycles. The van der Waals surface area contributed by atoms with Gasteiger partial charge in [-0.15, -0.1) is 0 Å². The maximum atomic E-state index is 12.9. The Bertz CT molecular complexity index is 713. The number of carbonyl (C=O) groups excluding carboxylic acids is 1. The van der Waals surface area contributed by atoms with E-state index in [1.54, 1.807) is 6.92 Å². The van der Waals surface area contributed by atoms with Gasteiger partial charge in [0.15, 0.2) is 6.10 Å². The van der Waals surface area contributed by atoms with Crippen LogP contribution in [-0.4, -0.2) is 38.3 Å². The van der Waals surface area contributed by atoms with Gasteiger partial charge in [0.25, 0.3) is 5.91 Å². The number of morpholine rings is 1. The van der Waals surface area contributed by atoms with Crippen molar-refractivity contribution in [2.75, 3.05) is 31.2 Å². The first-order valence-electron chi connectivity index (χ1n) is 8.73. The molecule has 5 nitrogen and oxygen atoms in total. The van der Waals surface area contributed by atoms with Crippen molar-refractivity contribution in [3.8, 4) is 5.75 Å². The number of amides is 1. The molecule has 0 aliphatic carbocycles. The summed E-state index contributed by atoms with van der Waals surface area (Å²) in [4.78, 5) is 14.5. The fraction of sp³-hybridized carbons (Fsp3) is 0.350. The number of halogens is 1. The van der Waals surface area contributed by atoms with E-state index < -0.39 is 6.10 Å². The number of rotatable bonds is 6. The van der Waals surface area contributed by atoms with Gasteiger partial charge < -0.3 is 19.7 Å². The number of carbonyl (C=O) groups is 1. The first-order valence-corrected chi connectivity index (χ1v) is 8.73. The Labute approximate surface area is 152 Å². The molecule has 0 bridgehead atoms. The largest absolute Gasteiger partial charge is 0.481 e. The highest BCUT2D eigenvalue weighted by Crippen LogP contribution is 2.17. The van der Waals surface area contributed by atoms with Crippen LogP contribution in [-0.2, 0) is 16.1 Å². The van der Waals surface area contributed by atoms with Crippen molar-refractivity contribution in [3.05, 3.63) is 59.9 Å². The molecule has 6 heteroatoms. The Morgan fingerprint density at radius 3 is 2.46 bits per heavy atom. The number of nitrogens with one attached hydrogen (secondary N) is 1. The van der Waals surface area contributed by atoms with Crippen LogP contribution in [0.2, 0.25) is 0 Å². The quantitative estimate of drug-likeness (QED) is 0.863. The van der Waals surface area contributed by atoms with Crippen LogP contribution >= 0.6 is 0 Å². The minimum absolute atomic E-state index is 0.216. The van der Waals surface area contributed by atoms with E-state index in [0.29, 0.717) is 12.3 Å². The molecule has 1 unspecified atom stereocenters. The summed E-state index contributed by atoms with van der Waals surface area (Å²) in [5.74, 6) is -0.0922. The topological polar surface area (TPSA) is 50.8 Å². The van der Waals surface area contributed by atoms with Crippen LogP contribution in [0.3, 0.4) is 0 Å². The zero-order chi connectivity index (χ0) is 18.4. The highest BCUT2D eigenvalue weighted by molar-refractivity contribution is 5.80. The third-order valence-corrected chi connectivity index (χ3v) is 4.28. The molecule has 0 spiro atoms. The van der Waals surface area contributed by atoms with Crippen molar-refractivity contribution in [2.45, 2.75) is 19.6 Å². The minimum atomic E-state index is -0.659. The summed E-state index contributed by atoms with van der Waals surface area (Å²) < 4.78 is 23.8. The SMILES string of the molecule is CC(Oc1ccc(F)cc1)C(=O)NCc1ccc(N2CCOCC2)cc1. The van der Waals surface area contributed by atoms with Gasteiger partial charge in [0, 0.05) is 25.3 Å². The van der Waals surface area contributed by atoms with Crippen LogP contribution in [0.15, 0.2) is 48.5 Å². The van der Waals surface area contributed by atoms with Crippen molar-refractivity contribution in [2.24, 2.45) is 0 Å². The standard InChI is InChI=1S/C20H23FN2O3/c1-15(26-19-8-4-17(21)5-9-19)20(24)22-14-16-2-6-18(7-3-16)23-10-12-25-13-11-23/h2-9,15H,10-14H2,1H3,(H,22,24).